The lowest BCUT2D eigenvalue weighted by atomic mass is 9.90. The second kappa shape index (κ2) is 9.49. The molecule has 0 aliphatic carbocycles. The summed E-state index contributed by atoms with van der Waals surface area (Å²) in [6.45, 7) is 11.1. The van der Waals surface area contributed by atoms with Gasteiger partial charge in [0.25, 0.3) is 0 Å². The van der Waals surface area contributed by atoms with Crippen LogP contribution in [-0.2, 0) is 9.53 Å². The Kier molecular flexibility index (Phi) is 9.20. The summed E-state index contributed by atoms with van der Waals surface area (Å²) in [6, 6.07) is 0. The Morgan fingerprint density at radius 1 is 1.06 bits per heavy atom. The molecule has 102 valence electrons. The molecule has 0 aromatic rings. The third-order valence-electron chi connectivity index (χ3n) is 3.15. The highest BCUT2D eigenvalue weighted by molar-refractivity contribution is 5.71. The summed E-state index contributed by atoms with van der Waals surface area (Å²) in [5.74, 6) is 1.22. The lowest BCUT2D eigenvalue weighted by Crippen LogP contribution is -2.19. The molecule has 0 saturated heterocycles. The Morgan fingerprint density at radius 3 is 2.12 bits per heavy atom. The van der Waals surface area contributed by atoms with E-state index in [4.69, 9.17) is 4.74 Å². The number of rotatable bonds is 9. The third-order valence-corrected chi connectivity index (χ3v) is 3.15. The van der Waals surface area contributed by atoms with E-state index in [2.05, 4.69) is 20.8 Å². The van der Waals surface area contributed by atoms with Crippen LogP contribution in [0.5, 0.6) is 0 Å². The summed E-state index contributed by atoms with van der Waals surface area (Å²) in [7, 11) is 0. The van der Waals surface area contributed by atoms with Crippen LogP contribution in [0.1, 0.15) is 66.7 Å². The predicted octanol–water partition coefficient (Wildman–Crippen LogP) is 4.43. The molecular weight excluding hydrogens is 212 g/mol. The molecular formula is C15H30O2. The fraction of sp³-hybridized carbons (Fsp3) is 0.933. The molecule has 0 fully saturated rings. The molecule has 0 bridgehead atoms. The van der Waals surface area contributed by atoms with Crippen molar-refractivity contribution in [1.82, 2.24) is 0 Å². The van der Waals surface area contributed by atoms with Gasteiger partial charge in [0.1, 0.15) is 0 Å². The van der Waals surface area contributed by atoms with E-state index in [1.165, 1.54) is 32.1 Å². The van der Waals surface area contributed by atoms with Crippen LogP contribution in [-0.4, -0.2) is 12.6 Å². The van der Waals surface area contributed by atoms with Crippen molar-refractivity contribution in [3.8, 4) is 0 Å². The minimum absolute atomic E-state index is 0.00894. The van der Waals surface area contributed by atoms with Crippen LogP contribution < -0.4 is 0 Å². The standard InChI is InChI=1S/C15H30O2/c1-6-8-13(5)10-14(9-7-2)11-17-15(16)12(3)4/h12-14H,6-11H2,1-5H3. The van der Waals surface area contributed by atoms with Gasteiger partial charge in [-0.1, -0.05) is 53.9 Å². The van der Waals surface area contributed by atoms with Gasteiger partial charge in [-0.3, -0.25) is 4.79 Å². The quantitative estimate of drug-likeness (QED) is 0.559. The third kappa shape index (κ3) is 8.23. The van der Waals surface area contributed by atoms with E-state index in [1.54, 1.807) is 0 Å². The first kappa shape index (κ1) is 16.5. The molecule has 0 heterocycles. The van der Waals surface area contributed by atoms with Crippen molar-refractivity contribution in [2.75, 3.05) is 6.61 Å². The highest BCUT2D eigenvalue weighted by Gasteiger charge is 2.16. The Labute approximate surface area is 107 Å². The van der Waals surface area contributed by atoms with E-state index in [9.17, 15) is 4.79 Å². The van der Waals surface area contributed by atoms with Gasteiger partial charge in [-0.15, -0.1) is 0 Å². The maximum absolute atomic E-state index is 11.4. The number of hydrogen-bond donors (Lipinski definition) is 0. The molecule has 17 heavy (non-hydrogen) atoms. The smallest absolute Gasteiger partial charge is 0.308 e. The van der Waals surface area contributed by atoms with E-state index >= 15 is 0 Å². The minimum atomic E-state index is -0.0609. The molecule has 0 saturated carbocycles. The number of hydrogen-bond acceptors (Lipinski definition) is 2. The van der Waals surface area contributed by atoms with Crippen LogP contribution in [0, 0.1) is 17.8 Å². The van der Waals surface area contributed by atoms with Crippen LogP contribution in [0.2, 0.25) is 0 Å². The van der Waals surface area contributed by atoms with E-state index in [0.29, 0.717) is 12.5 Å². The number of esters is 1. The Bertz CT molecular complexity index is 199. The average Bonchev–Trinajstić information content (AvgIpc) is 2.25. The lowest BCUT2D eigenvalue weighted by molar-refractivity contribution is -0.149. The van der Waals surface area contributed by atoms with Crippen molar-refractivity contribution >= 4 is 5.97 Å². The number of ether oxygens (including phenoxy) is 1. The first-order valence-corrected chi connectivity index (χ1v) is 7.17. The average molecular weight is 242 g/mol. The Hall–Kier alpha value is -0.530. The monoisotopic (exact) mass is 242 g/mol. The molecule has 2 unspecified atom stereocenters. The van der Waals surface area contributed by atoms with Crippen molar-refractivity contribution in [1.29, 1.82) is 0 Å². The zero-order valence-electron chi connectivity index (χ0n) is 12.3. The largest absolute Gasteiger partial charge is 0.465 e. The number of carbonyl (C=O) groups is 1. The first-order chi connectivity index (χ1) is 8.01. The van der Waals surface area contributed by atoms with Crippen LogP contribution in [0.15, 0.2) is 0 Å². The molecule has 0 radical (unpaired) electrons. The van der Waals surface area contributed by atoms with Crippen molar-refractivity contribution < 1.29 is 9.53 Å². The van der Waals surface area contributed by atoms with Gasteiger partial charge in [0.2, 0.25) is 0 Å². The topological polar surface area (TPSA) is 26.3 Å². The molecule has 0 aliphatic rings. The fourth-order valence-corrected chi connectivity index (χ4v) is 2.22. The Morgan fingerprint density at radius 2 is 1.65 bits per heavy atom. The summed E-state index contributed by atoms with van der Waals surface area (Å²) in [6.07, 6.45) is 6.04. The van der Waals surface area contributed by atoms with Gasteiger partial charge in [-0.05, 0) is 24.7 Å². The fourth-order valence-electron chi connectivity index (χ4n) is 2.22. The molecule has 0 spiro atoms. The normalized spacial score (nSPS) is 14.7. The van der Waals surface area contributed by atoms with Crippen LogP contribution >= 0.6 is 0 Å². The first-order valence-electron chi connectivity index (χ1n) is 7.17. The van der Waals surface area contributed by atoms with Gasteiger partial charge >= 0.3 is 5.97 Å². The van der Waals surface area contributed by atoms with Gasteiger partial charge in [-0.25, -0.2) is 0 Å². The van der Waals surface area contributed by atoms with Gasteiger partial charge in [-0.2, -0.15) is 0 Å². The number of carbonyl (C=O) groups excluding carboxylic acids is 1. The molecule has 2 atom stereocenters. The summed E-state index contributed by atoms with van der Waals surface area (Å²) >= 11 is 0. The van der Waals surface area contributed by atoms with Gasteiger partial charge in [0, 0.05) is 0 Å². The molecule has 2 nitrogen and oxygen atoms in total. The Balaban J connectivity index is 4.01. The maximum Gasteiger partial charge on any atom is 0.308 e. The highest BCUT2D eigenvalue weighted by atomic mass is 16.5. The van der Waals surface area contributed by atoms with E-state index in [-0.39, 0.29) is 11.9 Å². The summed E-state index contributed by atoms with van der Waals surface area (Å²) in [4.78, 5) is 11.4. The van der Waals surface area contributed by atoms with Crippen molar-refractivity contribution in [3.05, 3.63) is 0 Å². The molecule has 0 aromatic carbocycles. The van der Waals surface area contributed by atoms with E-state index in [0.717, 1.165) is 5.92 Å². The van der Waals surface area contributed by atoms with Gasteiger partial charge in [0.05, 0.1) is 12.5 Å². The molecule has 0 amide bonds. The predicted molar refractivity (Wildman–Crippen MR) is 72.9 cm³/mol. The maximum atomic E-state index is 11.4. The lowest BCUT2D eigenvalue weighted by Gasteiger charge is -2.20. The molecule has 0 aromatic heterocycles. The van der Waals surface area contributed by atoms with E-state index in [1.807, 2.05) is 13.8 Å². The van der Waals surface area contributed by atoms with E-state index < -0.39 is 0 Å². The molecule has 0 aliphatic heterocycles. The molecule has 2 heteroatoms. The van der Waals surface area contributed by atoms with Gasteiger partial charge < -0.3 is 4.74 Å². The van der Waals surface area contributed by atoms with Gasteiger partial charge in [0.15, 0.2) is 0 Å². The van der Waals surface area contributed by atoms with Crippen LogP contribution in [0.3, 0.4) is 0 Å². The van der Waals surface area contributed by atoms with Crippen LogP contribution in [0.4, 0.5) is 0 Å². The SMILES string of the molecule is CCCC(C)CC(CCC)COC(=O)C(C)C. The van der Waals surface area contributed by atoms with Crippen molar-refractivity contribution in [2.24, 2.45) is 17.8 Å². The summed E-state index contributed by atoms with van der Waals surface area (Å²) in [5, 5.41) is 0. The molecule has 0 rings (SSSR count). The highest BCUT2D eigenvalue weighted by Crippen LogP contribution is 2.21. The zero-order chi connectivity index (χ0) is 13.3. The van der Waals surface area contributed by atoms with Crippen molar-refractivity contribution in [2.45, 2.75) is 66.7 Å². The molecule has 0 N–H and O–H groups in total. The van der Waals surface area contributed by atoms with Crippen LogP contribution in [0.25, 0.3) is 0 Å². The summed E-state index contributed by atoms with van der Waals surface area (Å²) < 4.78 is 5.36. The van der Waals surface area contributed by atoms with Crippen molar-refractivity contribution in [3.63, 3.8) is 0 Å². The zero-order valence-corrected chi connectivity index (χ0v) is 12.3. The summed E-state index contributed by atoms with van der Waals surface area (Å²) in [5.41, 5.74) is 0. The second-order valence-electron chi connectivity index (χ2n) is 5.57. The second-order valence-corrected chi connectivity index (χ2v) is 5.57. The minimum Gasteiger partial charge on any atom is -0.465 e.